The molecule has 6 nitrogen and oxygen atoms in total. The minimum absolute atomic E-state index is 0.0883. The van der Waals surface area contributed by atoms with Crippen molar-refractivity contribution in [3.05, 3.63) is 82.7 Å². The Kier molecular flexibility index (Phi) is 7.46. The molecule has 192 valence electrons. The fourth-order valence-electron chi connectivity index (χ4n) is 5.42. The van der Waals surface area contributed by atoms with Crippen molar-refractivity contribution in [3.63, 3.8) is 0 Å². The Balaban J connectivity index is 1.63. The average molecular weight is 492 g/mol. The van der Waals surface area contributed by atoms with Crippen LogP contribution in [0.3, 0.4) is 0 Å². The lowest BCUT2D eigenvalue weighted by Crippen LogP contribution is -2.28. The average Bonchev–Trinajstić information content (AvgIpc) is 3.50. The molecular weight excluding hydrogens is 454 g/mol. The molecule has 0 aliphatic heterocycles. The summed E-state index contributed by atoms with van der Waals surface area (Å²) >= 11 is 0. The molecular formula is C30H37NO5. The van der Waals surface area contributed by atoms with Crippen LogP contribution >= 0.6 is 0 Å². The molecule has 0 unspecified atom stereocenters. The molecule has 1 heterocycles. The molecule has 6 heteroatoms. The lowest BCUT2D eigenvalue weighted by Gasteiger charge is -2.27. The van der Waals surface area contributed by atoms with Gasteiger partial charge in [0.05, 0.1) is 25.7 Å². The second-order valence-electron chi connectivity index (χ2n) is 10.6. The van der Waals surface area contributed by atoms with Gasteiger partial charge in [0.2, 0.25) is 0 Å². The van der Waals surface area contributed by atoms with Crippen LogP contribution in [0.2, 0.25) is 0 Å². The number of aliphatic hydroxyl groups excluding tert-OH is 1. The zero-order valence-electron chi connectivity index (χ0n) is 21.8. The van der Waals surface area contributed by atoms with Crippen LogP contribution in [-0.4, -0.2) is 35.0 Å². The number of aromatic nitrogens is 1. The van der Waals surface area contributed by atoms with Gasteiger partial charge in [0.1, 0.15) is 11.5 Å². The van der Waals surface area contributed by atoms with E-state index in [1.54, 1.807) is 28.1 Å². The Morgan fingerprint density at radius 2 is 1.67 bits per heavy atom. The molecule has 2 N–H and O–H groups in total. The van der Waals surface area contributed by atoms with Gasteiger partial charge in [-0.25, -0.2) is 0 Å². The molecule has 0 amide bonds. The van der Waals surface area contributed by atoms with Gasteiger partial charge in [0.25, 0.3) is 0 Å². The Morgan fingerprint density at radius 1 is 1.08 bits per heavy atom. The van der Waals surface area contributed by atoms with Crippen LogP contribution in [-0.2, 0) is 29.6 Å². The van der Waals surface area contributed by atoms with Crippen LogP contribution in [0.15, 0.2) is 54.9 Å². The minimum Gasteiger partial charge on any atom is -0.496 e. The molecule has 0 fully saturated rings. The number of nitrogens with zero attached hydrogens (tertiary/aromatic N) is 1. The molecule has 1 aliphatic rings. The third kappa shape index (κ3) is 5.14. The first-order valence-corrected chi connectivity index (χ1v) is 12.5. The van der Waals surface area contributed by atoms with Crippen LogP contribution in [0.5, 0.6) is 11.5 Å². The first-order valence-electron chi connectivity index (χ1n) is 12.5. The highest BCUT2D eigenvalue weighted by atomic mass is 16.5. The maximum atomic E-state index is 11.8. The summed E-state index contributed by atoms with van der Waals surface area (Å²) in [5.74, 6) is 0.847. The van der Waals surface area contributed by atoms with E-state index in [9.17, 15) is 15.0 Å². The number of ether oxygens (including phenoxy) is 2. The largest absolute Gasteiger partial charge is 0.496 e. The van der Waals surface area contributed by atoms with Gasteiger partial charge in [-0.3, -0.25) is 4.79 Å². The van der Waals surface area contributed by atoms with Gasteiger partial charge < -0.3 is 24.3 Å². The van der Waals surface area contributed by atoms with Crippen molar-refractivity contribution in [2.45, 2.75) is 58.1 Å². The predicted octanol–water partition coefficient (Wildman–Crippen LogP) is 5.33. The Hall–Kier alpha value is -3.25. The number of carboxylic acid groups (broad SMARTS) is 1. The van der Waals surface area contributed by atoms with E-state index in [-0.39, 0.29) is 5.92 Å². The Labute approximate surface area is 213 Å². The number of aliphatic carboxylic acids is 1. The van der Waals surface area contributed by atoms with Crippen molar-refractivity contribution < 1.29 is 24.5 Å². The van der Waals surface area contributed by atoms with Gasteiger partial charge in [-0.05, 0) is 86.4 Å². The number of carbonyl (C=O) groups is 1. The Morgan fingerprint density at radius 3 is 2.19 bits per heavy atom. The van der Waals surface area contributed by atoms with E-state index >= 15 is 0 Å². The number of benzene rings is 2. The van der Waals surface area contributed by atoms with Gasteiger partial charge in [0, 0.05) is 30.4 Å². The molecule has 1 aromatic heterocycles. The van der Waals surface area contributed by atoms with E-state index < -0.39 is 17.5 Å². The topological polar surface area (TPSA) is 80.9 Å². The maximum Gasteiger partial charge on any atom is 0.313 e. The number of hydrogen-bond acceptors (Lipinski definition) is 4. The molecule has 0 bridgehead atoms. The van der Waals surface area contributed by atoms with Crippen molar-refractivity contribution in [3.8, 4) is 11.5 Å². The van der Waals surface area contributed by atoms with E-state index in [4.69, 9.17) is 9.47 Å². The van der Waals surface area contributed by atoms with E-state index in [1.807, 2.05) is 42.1 Å². The fraction of sp³-hybridized carbons (Fsp3) is 0.433. The molecule has 0 radical (unpaired) electrons. The van der Waals surface area contributed by atoms with Gasteiger partial charge >= 0.3 is 5.97 Å². The summed E-state index contributed by atoms with van der Waals surface area (Å²) in [7, 11) is 3.24. The molecule has 1 aliphatic carbocycles. The molecule has 2 aromatic carbocycles. The van der Waals surface area contributed by atoms with Crippen LogP contribution in [0.1, 0.15) is 54.2 Å². The minimum atomic E-state index is -0.982. The highest BCUT2D eigenvalue weighted by Crippen LogP contribution is 2.39. The summed E-state index contributed by atoms with van der Waals surface area (Å²) in [6.45, 7) is 5.93. The van der Waals surface area contributed by atoms with Crippen molar-refractivity contribution in [2.24, 2.45) is 11.8 Å². The third-order valence-electron chi connectivity index (χ3n) is 7.79. The van der Waals surface area contributed by atoms with E-state index in [2.05, 4.69) is 24.3 Å². The summed E-state index contributed by atoms with van der Waals surface area (Å²) in [4.78, 5) is 11.8. The van der Waals surface area contributed by atoms with Gasteiger partial charge in [-0.2, -0.15) is 0 Å². The summed E-state index contributed by atoms with van der Waals surface area (Å²) < 4.78 is 13.1. The number of methoxy groups -OCH3 is 2. The van der Waals surface area contributed by atoms with Crippen molar-refractivity contribution >= 4 is 5.97 Å². The molecule has 3 aromatic rings. The van der Waals surface area contributed by atoms with Crippen molar-refractivity contribution in [1.29, 1.82) is 0 Å². The standard InChI is InChI=1S/C30H37NO5/c1-19-26(35-4)15-23(16-27(19)36-5)28(32)24(14-20-12-21-8-6-7-9-22(21)13-20)17-31-11-10-25(18-31)30(2,3)29(33)34/h6-11,15-16,18,20,24,28,32H,12-14,17H2,1-5H3,(H,33,34)/t24-,28+/m0/s1. The highest BCUT2D eigenvalue weighted by molar-refractivity contribution is 5.80. The van der Waals surface area contributed by atoms with Crippen molar-refractivity contribution in [2.75, 3.05) is 14.2 Å². The lowest BCUT2D eigenvalue weighted by molar-refractivity contribution is -0.142. The normalized spacial score (nSPS) is 15.4. The molecule has 2 atom stereocenters. The second kappa shape index (κ2) is 10.4. The highest BCUT2D eigenvalue weighted by Gasteiger charge is 2.32. The number of fused-ring (bicyclic) bond motifs is 1. The molecule has 4 rings (SSSR count). The zero-order chi connectivity index (χ0) is 26.0. The molecule has 36 heavy (non-hydrogen) atoms. The number of aliphatic hydroxyl groups is 1. The SMILES string of the molecule is COc1cc([C@@H](O)[C@@H](CC2Cc3ccccc3C2)Cn2ccc(C(C)(C)C(=O)O)c2)cc(OC)c1C. The quantitative estimate of drug-likeness (QED) is 0.401. The predicted molar refractivity (Wildman–Crippen MR) is 140 cm³/mol. The summed E-state index contributed by atoms with van der Waals surface area (Å²) in [6.07, 6.45) is 5.92. The fourth-order valence-corrected chi connectivity index (χ4v) is 5.42. The maximum absolute atomic E-state index is 11.8. The van der Waals surface area contributed by atoms with Crippen LogP contribution < -0.4 is 9.47 Å². The van der Waals surface area contributed by atoms with Gasteiger partial charge in [0.15, 0.2) is 0 Å². The monoisotopic (exact) mass is 491 g/mol. The lowest BCUT2D eigenvalue weighted by atomic mass is 9.85. The van der Waals surface area contributed by atoms with Crippen LogP contribution in [0.25, 0.3) is 0 Å². The first kappa shape index (κ1) is 25.8. The molecule has 0 spiro atoms. The van der Waals surface area contributed by atoms with Gasteiger partial charge in [-0.1, -0.05) is 24.3 Å². The number of rotatable bonds is 10. The van der Waals surface area contributed by atoms with Crippen LogP contribution in [0, 0.1) is 18.8 Å². The third-order valence-corrected chi connectivity index (χ3v) is 7.79. The van der Waals surface area contributed by atoms with E-state index in [0.717, 1.165) is 36.0 Å². The second-order valence-corrected chi connectivity index (χ2v) is 10.6. The molecule has 0 saturated carbocycles. The van der Waals surface area contributed by atoms with E-state index in [0.29, 0.717) is 24.0 Å². The molecule has 0 saturated heterocycles. The number of carboxylic acids is 1. The number of hydrogen-bond donors (Lipinski definition) is 2. The first-order chi connectivity index (χ1) is 17.1. The van der Waals surface area contributed by atoms with Crippen molar-refractivity contribution in [1.82, 2.24) is 4.57 Å². The van der Waals surface area contributed by atoms with E-state index in [1.165, 1.54) is 11.1 Å². The summed E-state index contributed by atoms with van der Waals surface area (Å²) in [6, 6.07) is 14.2. The zero-order valence-corrected chi connectivity index (χ0v) is 21.8. The van der Waals surface area contributed by atoms with Gasteiger partial charge in [-0.15, -0.1) is 0 Å². The van der Waals surface area contributed by atoms with Crippen LogP contribution in [0.4, 0.5) is 0 Å². The Bertz CT molecular complexity index is 1180. The summed E-state index contributed by atoms with van der Waals surface area (Å²) in [5.41, 5.74) is 4.19. The smallest absolute Gasteiger partial charge is 0.313 e. The summed E-state index contributed by atoms with van der Waals surface area (Å²) in [5, 5.41) is 21.3.